The van der Waals surface area contributed by atoms with Gasteiger partial charge in [-0.05, 0) is 30.5 Å². The Kier molecular flexibility index (Phi) is 5.75. The van der Waals surface area contributed by atoms with Crippen LogP contribution in [0.1, 0.15) is 30.6 Å². The minimum atomic E-state index is -0.473. The number of aliphatic hydroxyl groups is 1. The van der Waals surface area contributed by atoms with Gasteiger partial charge in [0.15, 0.2) is 0 Å². The number of hydrogen-bond donors (Lipinski definition) is 2. The quantitative estimate of drug-likeness (QED) is 0.877. The fourth-order valence-electron chi connectivity index (χ4n) is 1.70. The average molecular weight is 318 g/mol. The summed E-state index contributed by atoms with van der Waals surface area (Å²) in [7, 11) is 0. The first kappa shape index (κ1) is 15.1. The predicted octanol–water partition coefficient (Wildman–Crippen LogP) is 2.73. The first-order valence-corrected chi connectivity index (χ1v) is 6.59. The van der Waals surface area contributed by atoms with Gasteiger partial charge < -0.3 is 10.4 Å². The van der Waals surface area contributed by atoms with Crippen LogP contribution in [-0.2, 0) is 0 Å². The van der Waals surface area contributed by atoms with Crippen molar-refractivity contribution in [2.45, 2.75) is 26.3 Å². The molecule has 5 heteroatoms. The van der Waals surface area contributed by atoms with Crippen molar-refractivity contribution in [1.29, 1.82) is 0 Å². The van der Waals surface area contributed by atoms with Crippen molar-refractivity contribution in [3.63, 3.8) is 0 Å². The topological polar surface area (TPSA) is 49.3 Å². The average Bonchev–Trinajstić information content (AvgIpc) is 2.26. The number of rotatable bonds is 5. The predicted molar refractivity (Wildman–Crippen MR) is 71.9 cm³/mol. The largest absolute Gasteiger partial charge is 0.394 e. The minimum Gasteiger partial charge on any atom is -0.394 e. The Morgan fingerprint density at radius 3 is 2.61 bits per heavy atom. The van der Waals surface area contributed by atoms with Crippen molar-refractivity contribution in [2.24, 2.45) is 5.92 Å². The Labute approximate surface area is 115 Å². The third-order valence-corrected chi connectivity index (χ3v) is 2.89. The van der Waals surface area contributed by atoms with Gasteiger partial charge in [0, 0.05) is 10.0 Å². The summed E-state index contributed by atoms with van der Waals surface area (Å²) in [5.74, 6) is -0.490. The molecule has 18 heavy (non-hydrogen) atoms. The van der Waals surface area contributed by atoms with Crippen LogP contribution in [0.2, 0.25) is 0 Å². The molecular weight excluding hydrogens is 301 g/mol. The normalized spacial score (nSPS) is 12.6. The maximum absolute atomic E-state index is 13.2. The molecule has 0 spiro atoms. The zero-order valence-electron chi connectivity index (χ0n) is 10.4. The molecule has 1 aromatic rings. The van der Waals surface area contributed by atoms with Crippen molar-refractivity contribution >= 4 is 21.8 Å². The van der Waals surface area contributed by atoms with Crippen LogP contribution in [0.5, 0.6) is 0 Å². The summed E-state index contributed by atoms with van der Waals surface area (Å²) in [6.45, 7) is 3.89. The van der Waals surface area contributed by atoms with E-state index in [4.69, 9.17) is 0 Å². The van der Waals surface area contributed by atoms with Gasteiger partial charge in [-0.1, -0.05) is 29.8 Å². The molecule has 1 amide bonds. The number of carbonyl (C=O) groups is 1. The van der Waals surface area contributed by atoms with Crippen LogP contribution >= 0.6 is 15.9 Å². The molecule has 0 aliphatic rings. The van der Waals surface area contributed by atoms with E-state index in [1.807, 2.05) is 13.8 Å². The van der Waals surface area contributed by atoms with Crippen LogP contribution in [0.15, 0.2) is 22.7 Å². The zero-order valence-corrected chi connectivity index (χ0v) is 12.0. The summed E-state index contributed by atoms with van der Waals surface area (Å²) in [4.78, 5) is 11.9. The lowest BCUT2D eigenvalue weighted by atomic mass is 10.0. The molecular formula is C13H17BrFNO2. The highest BCUT2D eigenvalue weighted by Gasteiger charge is 2.15. The van der Waals surface area contributed by atoms with Crippen LogP contribution in [0.3, 0.4) is 0 Å². The van der Waals surface area contributed by atoms with Gasteiger partial charge in [0.2, 0.25) is 0 Å². The fourth-order valence-corrected chi connectivity index (χ4v) is 2.17. The maximum atomic E-state index is 13.2. The maximum Gasteiger partial charge on any atom is 0.251 e. The van der Waals surface area contributed by atoms with Crippen LogP contribution in [0.4, 0.5) is 4.39 Å². The molecule has 0 aliphatic carbocycles. The van der Waals surface area contributed by atoms with Crippen LogP contribution in [-0.4, -0.2) is 23.7 Å². The second kappa shape index (κ2) is 6.85. The molecule has 0 radical (unpaired) electrons. The van der Waals surface area contributed by atoms with E-state index in [2.05, 4.69) is 21.2 Å². The zero-order chi connectivity index (χ0) is 13.7. The summed E-state index contributed by atoms with van der Waals surface area (Å²) in [5.41, 5.74) is 0.240. The van der Waals surface area contributed by atoms with Crippen molar-refractivity contribution in [1.82, 2.24) is 5.32 Å². The molecule has 0 saturated carbocycles. The monoisotopic (exact) mass is 317 g/mol. The van der Waals surface area contributed by atoms with Gasteiger partial charge in [0.05, 0.1) is 12.6 Å². The van der Waals surface area contributed by atoms with Gasteiger partial charge in [0.25, 0.3) is 5.91 Å². The van der Waals surface area contributed by atoms with Gasteiger partial charge in [-0.25, -0.2) is 4.39 Å². The van der Waals surface area contributed by atoms with Gasteiger partial charge in [-0.15, -0.1) is 0 Å². The van der Waals surface area contributed by atoms with E-state index in [0.717, 1.165) is 0 Å². The number of carbonyl (C=O) groups excluding carboxylic acids is 1. The Bertz CT molecular complexity index is 403. The Morgan fingerprint density at radius 2 is 2.11 bits per heavy atom. The van der Waals surface area contributed by atoms with Gasteiger partial charge in [-0.2, -0.15) is 0 Å². The van der Waals surface area contributed by atoms with Gasteiger partial charge >= 0.3 is 0 Å². The van der Waals surface area contributed by atoms with Crippen LogP contribution < -0.4 is 5.32 Å². The SMILES string of the molecule is CC(C)CC(CO)NC(=O)c1cc(F)cc(Br)c1. The summed E-state index contributed by atoms with van der Waals surface area (Å²) < 4.78 is 13.7. The molecule has 0 fully saturated rings. The summed E-state index contributed by atoms with van der Waals surface area (Å²) in [5, 5.41) is 11.9. The molecule has 100 valence electrons. The number of amides is 1. The highest BCUT2D eigenvalue weighted by molar-refractivity contribution is 9.10. The van der Waals surface area contributed by atoms with E-state index < -0.39 is 5.82 Å². The van der Waals surface area contributed by atoms with E-state index in [1.165, 1.54) is 12.1 Å². The van der Waals surface area contributed by atoms with Crippen molar-refractivity contribution in [3.8, 4) is 0 Å². The second-order valence-electron chi connectivity index (χ2n) is 4.64. The third-order valence-electron chi connectivity index (χ3n) is 2.44. The Hall–Kier alpha value is -0.940. The molecule has 0 aliphatic heterocycles. The lowest BCUT2D eigenvalue weighted by Crippen LogP contribution is -2.38. The summed E-state index contributed by atoms with van der Waals surface area (Å²) >= 11 is 3.14. The first-order chi connectivity index (χ1) is 8.42. The Morgan fingerprint density at radius 1 is 1.44 bits per heavy atom. The highest BCUT2D eigenvalue weighted by Crippen LogP contribution is 2.15. The standard InChI is InChI=1S/C13H17BrFNO2/c1-8(2)3-12(7-17)16-13(18)9-4-10(14)6-11(15)5-9/h4-6,8,12,17H,3,7H2,1-2H3,(H,16,18). The highest BCUT2D eigenvalue weighted by atomic mass is 79.9. The first-order valence-electron chi connectivity index (χ1n) is 5.80. The molecule has 0 bridgehead atoms. The molecule has 1 atom stereocenters. The second-order valence-corrected chi connectivity index (χ2v) is 5.56. The van der Waals surface area contributed by atoms with Gasteiger partial charge in [-0.3, -0.25) is 4.79 Å². The van der Waals surface area contributed by atoms with Gasteiger partial charge in [0.1, 0.15) is 5.82 Å². The molecule has 2 N–H and O–H groups in total. The third kappa shape index (κ3) is 4.74. The molecule has 1 unspecified atom stereocenters. The Balaban J connectivity index is 2.74. The van der Waals surface area contributed by atoms with Crippen molar-refractivity contribution < 1.29 is 14.3 Å². The van der Waals surface area contributed by atoms with Crippen molar-refractivity contribution in [3.05, 3.63) is 34.1 Å². The number of aliphatic hydroxyl groups excluding tert-OH is 1. The minimum absolute atomic E-state index is 0.125. The van der Waals surface area contributed by atoms with E-state index in [0.29, 0.717) is 16.8 Å². The molecule has 0 saturated heterocycles. The molecule has 0 heterocycles. The smallest absolute Gasteiger partial charge is 0.251 e. The van der Waals surface area contributed by atoms with Crippen LogP contribution in [0.25, 0.3) is 0 Å². The number of benzene rings is 1. The fraction of sp³-hybridized carbons (Fsp3) is 0.462. The number of hydrogen-bond acceptors (Lipinski definition) is 2. The molecule has 3 nitrogen and oxygen atoms in total. The summed E-state index contributed by atoms with van der Waals surface area (Å²) in [6.07, 6.45) is 0.679. The molecule has 1 rings (SSSR count). The number of nitrogens with one attached hydrogen (secondary N) is 1. The van der Waals surface area contributed by atoms with E-state index in [-0.39, 0.29) is 24.1 Å². The van der Waals surface area contributed by atoms with Crippen LogP contribution in [0, 0.1) is 11.7 Å². The van der Waals surface area contributed by atoms with E-state index in [9.17, 15) is 14.3 Å². The van der Waals surface area contributed by atoms with E-state index in [1.54, 1.807) is 6.07 Å². The number of halogens is 2. The lowest BCUT2D eigenvalue weighted by molar-refractivity contribution is 0.0908. The molecule has 1 aromatic carbocycles. The van der Waals surface area contributed by atoms with E-state index >= 15 is 0 Å². The summed E-state index contributed by atoms with van der Waals surface area (Å²) in [6, 6.07) is 3.69. The lowest BCUT2D eigenvalue weighted by Gasteiger charge is -2.18. The molecule has 0 aromatic heterocycles. The van der Waals surface area contributed by atoms with Crippen molar-refractivity contribution in [2.75, 3.05) is 6.61 Å².